The largest absolute Gasteiger partial charge is 0.423 e. The molecular formula is C17H14FN5O3. The van der Waals surface area contributed by atoms with Gasteiger partial charge in [0.05, 0.1) is 0 Å². The molecule has 132 valence electrons. The van der Waals surface area contributed by atoms with Gasteiger partial charge in [-0.3, -0.25) is 5.32 Å². The number of aromatic nitrogens is 2. The van der Waals surface area contributed by atoms with Gasteiger partial charge in [0.1, 0.15) is 16.9 Å². The smallest absolute Gasteiger partial charge is 0.314 e. The Morgan fingerprint density at radius 2 is 1.69 bits per heavy atom. The number of urea groups is 1. The maximum absolute atomic E-state index is 13.2. The maximum Gasteiger partial charge on any atom is 0.314 e. The molecule has 0 fully saturated rings. The number of carbonyl (C=O) groups is 1. The number of hydrogen-bond acceptors (Lipinski definition) is 6. The molecule has 0 saturated heterocycles. The summed E-state index contributed by atoms with van der Waals surface area (Å²) in [6.07, 6.45) is 0. The molecule has 2 amide bonds. The Labute approximate surface area is 146 Å². The minimum atomic E-state index is -0.392. The van der Waals surface area contributed by atoms with Gasteiger partial charge in [0.25, 0.3) is 0 Å². The summed E-state index contributed by atoms with van der Waals surface area (Å²) in [5.74, 6) is -0.392. The fraction of sp³-hybridized carbons (Fsp3) is 0.118. The van der Waals surface area contributed by atoms with Crippen molar-refractivity contribution in [1.82, 2.24) is 20.6 Å². The number of carbonyl (C=O) groups excluding carboxylic acids is 1. The van der Waals surface area contributed by atoms with Gasteiger partial charge in [-0.05, 0) is 29.8 Å². The number of anilines is 2. The zero-order chi connectivity index (χ0) is 18.1. The summed E-state index contributed by atoms with van der Waals surface area (Å²) in [5.41, 5.74) is 2.90. The highest BCUT2D eigenvalue weighted by Gasteiger charge is 2.12. The van der Waals surface area contributed by atoms with Crippen molar-refractivity contribution >= 4 is 40.3 Å². The second-order valence-electron chi connectivity index (χ2n) is 5.51. The van der Waals surface area contributed by atoms with E-state index in [1.807, 2.05) is 6.07 Å². The molecule has 0 aliphatic rings. The van der Waals surface area contributed by atoms with E-state index < -0.39 is 5.82 Å². The van der Waals surface area contributed by atoms with Crippen molar-refractivity contribution < 1.29 is 18.0 Å². The van der Waals surface area contributed by atoms with Crippen LogP contribution in [-0.2, 0) is 6.54 Å². The van der Waals surface area contributed by atoms with Crippen molar-refractivity contribution in [3.8, 4) is 0 Å². The highest BCUT2D eigenvalue weighted by Crippen LogP contribution is 2.25. The number of rotatable bonds is 4. The quantitative estimate of drug-likeness (QED) is 0.519. The second-order valence-corrected chi connectivity index (χ2v) is 5.51. The van der Waals surface area contributed by atoms with Gasteiger partial charge in [-0.15, -0.1) is 0 Å². The molecule has 0 atom stereocenters. The van der Waals surface area contributed by atoms with E-state index in [0.29, 0.717) is 28.7 Å². The fourth-order valence-electron chi connectivity index (χ4n) is 2.45. The van der Waals surface area contributed by atoms with Crippen molar-refractivity contribution in [2.24, 2.45) is 0 Å². The average molecular weight is 355 g/mol. The molecule has 4 rings (SSSR count). The SMILES string of the molecule is CNC(=O)NCc1ccc2oc(Nc3nc4cc(F)ccc4o3)nc2c1. The number of fused-ring (bicyclic) bond motifs is 2. The summed E-state index contributed by atoms with van der Waals surface area (Å²) >= 11 is 0. The predicted octanol–water partition coefficient (Wildman–Crippen LogP) is 3.28. The molecule has 0 unspecified atom stereocenters. The van der Waals surface area contributed by atoms with Crippen LogP contribution < -0.4 is 16.0 Å². The number of halogens is 1. The van der Waals surface area contributed by atoms with Crippen molar-refractivity contribution in [2.75, 3.05) is 12.4 Å². The van der Waals surface area contributed by atoms with Gasteiger partial charge in [0.2, 0.25) is 0 Å². The van der Waals surface area contributed by atoms with Crippen LogP contribution in [0.3, 0.4) is 0 Å². The summed E-state index contributed by atoms with van der Waals surface area (Å²) in [5, 5.41) is 8.01. The Balaban J connectivity index is 1.55. The lowest BCUT2D eigenvalue weighted by atomic mass is 10.2. The van der Waals surface area contributed by atoms with Crippen LogP contribution in [0.25, 0.3) is 22.2 Å². The molecule has 8 nitrogen and oxygen atoms in total. The Kier molecular flexibility index (Phi) is 3.88. The third-order valence-electron chi connectivity index (χ3n) is 3.70. The molecule has 0 saturated carbocycles. The molecule has 26 heavy (non-hydrogen) atoms. The number of hydrogen-bond donors (Lipinski definition) is 3. The molecule has 2 aromatic carbocycles. The molecule has 0 bridgehead atoms. The Bertz CT molecular complexity index is 1100. The van der Waals surface area contributed by atoms with E-state index in [1.165, 1.54) is 18.2 Å². The molecule has 3 N–H and O–H groups in total. The maximum atomic E-state index is 13.2. The first-order chi connectivity index (χ1) is 12.6. The van der Waals surface area contributed by atoms with E-state index in [2.05, 4.69) is 25.9 Å². The third kappa shape index (κ3) is 3.14. The van der Waals surface area contributed by atoms with Crippen LogP contribution in [0.1, 0.15) is 5.56 Å². The molecule has 2 aromatic heterocycles. The summed E-state index contributed by atoms with van der Waals surface area (Å²) in [6, 6.07) is 9.56. The lowest BCUT2D eigenvalue weighted by Crippen LogP contribution is -2.32. The van der Waals surface area contributed by atoms with Crippen LogP contribution in [0.4, 0.5) is 21.2 Å². The second kappa shape index (κ2) is 6.36. The first kappa shape index (κ1) is 15.9. The summed E-state index contributed by atoms with van der Waals surface area (Å²) in [6.45, 7) is 0.363. The van der Waals surface area contributed by atoms with Crippen LogP contribution in [0, 0.1) is 5.82 Å². The summed E-state index contributed by atoms with van der Waals surface area (Å²) in [4.78, 5) is 19.7. The highest BCUT2D eigenvalue weighted by molar-refractivity contribution is 5.78. The normalized spacial score (nSPS) is 11.0. The Morgan fingerprint density at radius 1 is 1.04 bits per heavy atom. The number of amides is 2. The minimum absolute atomic E-state index is 0.152. The van der Waals surface area contributed by atoms with Crippen molar-refractivity contribution in [1.29, 1.82) is 0 Å². The lowest BCUT2D eigenvalue weighted by Gasteiger charge is -2.03. The van der Waals surface area contributed by atoms with Gasteiger partial charge in [-0.1, -0.05) is 6.07 Å². The van der Waals surface area contributed by atoms with Crippen LogP contribution in [0.15, 0.2) is 45.2 Å². The van der Waals surface area contributed by atoms with Crippen molar-refractivity contribution in [3.63, 3.8) is 0 Å². The van der Waals surface area contributed by atoms with Gasteiger partial charge >= 0.3 is 18.1 Å². The van der Waals surface area contributed by atoms with Crippen LogP contribution in [-0.4, -0.2) is 23.0 Å². The summed E-state index contributed by atoms with van der Waals surface area (Å²) in [7, 11) is 1.55. The van der Waals surface area contributed by atoms with Gasteiger partial charge in [-0.2, -0.15) is 9.97 Å². The third-order valence-corrected chi connectivity index (χ3v) is 3.70. The molecule has 2 heterocycles. The predicted molar refractivity (Wildman–Crippen MR) is 92.6 cm³/mol. The monoisotopic (exact) mass is 355 g/mol. The Morgan fingerprint density at radius 3 is 2.38 bits per heavy atom. The van der Waals surface area contributed by atoms with Crippen LogP contribution in [0.5, 0.6) is 0 Å². The zero-order valence-corrected chi connectivity index (χ0v) is 13.7. The molecule has 4 aromatic rings. The zero-order valence-electron chi connectivity index (χ0n) is 13.7. The van der Waals surface area contributed by atoms with Gasteiger partial charge in [0, 0.05) is 19.7 Å². The van der Waals surface area contributed by atoms with E-state index in [-0.39, 0.29) is 18.1 Å². The molecule has 0 aliphatic carbocycles. The molecular weight excluding hydrogens is 341 g/mol. The Hall–Kier alpha value is -3.62. The van der Waals surface area contributed by atoms with Crippen molar-refractivity contribution in [2.45, 2.75) is 6.54 Å². The number of nitrogens with one attached hydrogen (secondary N) is 3. The van der Waals surface area contributed by atoms with E-state index in [0.717, 1.165) is 5.56 Å². The first-order valence-electron chi connectivity index (χ1n) is 7.79. The molecule has 0 spiro atoms. The first-order valence-corrected chi connectivity index (χ1v) is 7.79. The minimum Gasteiger partial charge on any atom is -0.423 e. The number of oxazole rings is 2. The molecule has 0 aliphatic heterocycles. The van der Waals surface area contributed by atoms with E-state index in [4.69, 9.17) is 8.83 Å². The summed E-state index contributed by atoms with van der Waals surface area (Å²) < 4.78 is 24.3. The van der Waals surface area contributed by atoms with Crippen molar-refractivity contribution in [3.05, 3.63) is 47.8 Å². The van der Waals surface area contributed by atoms with Gasteiger partial charge < -0.3 is 19.5 Å². The van der Waals surface area contributed by atoms with E-state index >= 15 is 0 Å². The topological polar surface area (TPSA) is 105 Å². The van der Waals surface area contributed by atoms with Gasteiger partial charge in [-0.25, -0.2) is 9.18 Å². The van der Waals surface area contributed by atoms with E-state index in [9.17, 15) is 9.18 Å². The molecule has 9 heteroatoms. The standard InChI is InChI=1S/C17H14FN5O3/c1-19-15(24)20-8-9-2-4-13-11(6-9)21-16(25-13)23-17-22-12-7-10(18)3-5-14(12)26-17/h2-7H,8H2,1H3,(H2,19,20,24)(H,21,22,23). The highest BCUT2D eigenvalue weighted by atomic mass is 19.1. The lowest BCUT2D eigenvalue weighted by molar-refractivity contribution is 0.242. The average Bonchev–Trinajstić information content (AvgIpc) is 3.21. The number of benzene rings is 2. The van der Waals surface area contributed by atoms with Crippen LogP contribution in [0.2, 0.25) is 0 Å². The fourth-order valence-corrected chi connectivity index (χ4v) is 2.45. The molecule has 0 radical (unpaired) electrons. The number of nitrogens with zero attached hydrogens (tertiary/aromatic N) is 2. The van der Waals surface area contributed by atoms with Gasteiger partial charge in [0.15, 0.2) is 11.2 Å². The van der Waals surface area contributed by atoms with Crippen LogP contribution >= 0.6 is 0 Å². The van der Waals surface area contributed by atoms with E-state index in [1.54, 1.807) is 19.2 Å².